The van der Waals surface area contributed by atoms with Crippen LogP contribution in [0, 0.1) is 0 Å². The average Bonchev–Trinajstić information content (AvgIpc) is 3.04. The highest BCUT2D eigenvalue weighted by atomic mass is 35.5. The van der Waals surface area contributed by atoms with Gasteiger partial charge < -0.3 is 15.4 Å². The highest BCUT2D eigenvalue weighted by Gasteiger charge is 2.18. The van der Waals surface area contributed by atoms with E-state index in [0.29, 0.717) is 28.6 Å². The Hall–Kier alpha value is -2.04. The fourth-order valence-electron chi connectivity index (χ4n) is 2.66. The van der Waals surface area contributed by atoms with Gasteiger partial charge in [-0.3, -0.25) is 4.79 Å². The lowest BCUT2D eigenvalue weighted by molar-refractivity contribution is -0.116. The largest absolute Gasteiger partial charge is 0.454 e. The van der Waals surface area contributed by atoms with Crippen molar-refractivity contribution in [3.05, 3.63) is 53.6 Å². The minimum absolute atomic E-state index is 0.0143. The van der Waals surface area contributed by atoms with Crippen molar-refractivity contribution >= 4 is 23.2 Å². The van der Waals surface area contributed by atoms with Gasteiger partial charge in [-0.15, -0.1) is 0 Å². The van der Waals surface area contributed by atoms with E-state index in [0.717, 1.165) is 19.4 Å². The summed E-state index contributed by atoms with van der Waals surface area (Å²) in [6.07, 6.45) is 2.65. The maximum absolute atomic E-state index is 12.2. The van der Waals surface area contributed by atoms with E-state index in [2.05, 4.69) is 10.6 Å². The molecule has 2 aromatic rings. The first kappa shape index (κ1) is 15.8. The van der Waals surface area contributed by atoms with Crippen molar-refractivity contribution in [3.63, 3.8) is 0 Å². The predicted molar refractivity (Wildman–Crippen MR) is 92.2 cm³/mol. The Labute approximate surface area is 140 Å². The SMILES string of the molecule is O=C(CC1CCCN1)Nc1ccccc1Oc1ccccc1Cl. The van der Waals surface area contributed by atoms with Gasteiger partial charge in [-0.05, 0) is 43.7 Å². The lowest BCUT2D eigenvalue weighted by atomic mass is 10.1. The van der Waals surface area contributed by atoms with Gasteiger partial charge in [0.15, 0.2) is 5.75 Å². The average molecular weight is 331 g/mol. The molecule has 1 aliphatic rings. The molecule has 1 atom stereocenters. The number of hydrogen-bond acceptors (Lipinski definition) is 3. The quantitative estimate of drug-likeness (QED) is 0.863. The van der Waals surface area contributed by atoms with E-state index in [1.807, 2.05) is 36.4 Å². The fraction of sp³-hybridized carbons (Fsp3) is 0.278. The Bertz CT molecular complexity index is 684. The number of halogens is 1. The predicted octanol–water partition coefficient (Wildman–Crippen LogP) is 4.21. The zero-order valence-corrected chi connectivity index (χ0v) is 13.5. The van der Waals surface area contributed by atoms with E-state index in [1.54, 1.807) is 12.1 Å². The molecule has 1 unspecified atom stereocenters. The number of benzene rings is 2. The van der Waals surface area contributed by atoms with Crippen molar-refractivity contribution in [3.8, 4) is 11.5 Å². The van der Waals surface area contributed by atoms with E-state index in [4.69, 9.17) is 16.3 Å². The molecule has 1 amide bonds. The molecular formula is C18H19ClN2O2. The van der Waals surface area contributed by atoms with E-state index < -0.39 is 0 Å². The van der Waals surface area contributed by atoms with Crippen LogP contribution in [0.25, 0.3) is 0 Å². The van der Waals surface area contributed by atoms with Gasteiger partial charge in [0.1, 0.15) is 5.75 Å². The summed E-state index contributed by atoms with van der Waals surface area (Å²) in [7, 11) is 0. The molecule has 1 heterocycles. The van der Waals surface area contributed by atoms with Crippen LogP contribution in [-0.2, 0) is 4.79 Å². The molecule has 0 aromatic heterocycles. The lowest BCUT2D eigenvalue weighted by Crippen LogP contribution is -2.27. The molecule has 2 N–H and O–H groups in total. The molecule has 23 heavy (non-hydrogen) atoms. The minimum Gasteiger partial charge on any atom is -0.454 e. The maximum atomic E-state index is 12.2. The summed E-state index contributed by atoms with van der Waals surface area (Å²) >= 11 is 6.12. The standard InChI is InChI=1S/C18H19ClN2O2/c19-14-7-1-3-9-16(14)23-17-10-4-2-8-15(17)21-18(22)12-13-6-5-11-20-13/h1-4,7-10,13,20H,5-6,11-12H2,(H,21,22). The third-order valence-electron chi connectivity index (χ3n) is 3.81. The Morgan fingerprint density at radius 1 is 1.17 bits per heavy atom. The summed E-state index contributed by atoms with van der Waals surface area (Å²) in [5.74, 6) is 1.13. The molecular weight excluding hydrogens is 312 g/mol. The third kappa shape index (κ3) is 4.24. The first-order valence-electron chi connectivity index (χ1n) is 7.77. The molecule has 120 valence electrons. The van der Waals surface area contributed by atoms with Crippen molar-refractivity contribution in [2.24, 2.45) is 0 Å². The van der Waals surface area contributed by atoms with Gasteiger partial charge in [0.05, 0.1) is 10.7 Å². The van der Waals surface area contributed by atoms with Crippen LogP contribution in [-0.4, -0.2) is 18.5 Å². The number of carbonyl (C=O) groups is 1. The summed E-state index contributed by atoms with van der Waals surface area (Å²) in [6, 6.07) is 14.9. The molecule has 1 fully saturated rings. The van der Waals surface area contributed by atoms with Crippen LogP contribution < -0.4 is 15.4 Å². The lowest BCUT2D eigenvalue weighted by Gasteiger charge is -2.14. The van der Waals surface area contributed by atoms with Crippen LogP contribution in [0.1, 0.15) is 19.3 Å². The topological polar surface area (TPSA) is 50.4 Å². The van der Waals surface area contributed by atoms with Crippen LogP contribution in [0.2, 0.25) is 5.02 Å². The summed E-state index contributed by atoms with van der Waals surface area (Å²) < 4.78 is 5.85. The monoisotopic (exact) mass is 330 g/mol. The second-order valence-electron chi connectivity index (χ2n) is 5.57. The van der Waals surface area contributed by atoms with Crippen molar-refractivity contribution in [1.29, 1.82) is 0 Å². The first-order chi connectivity index (χ1) is 11.2. The number of hydrogen-bond donors (Lipinski definition) is 2. The van der Waals surface area contributed by atoms with Gasteiger partial charge >= 0.3 is 0 Å². The van der Waals surface area contributed by atoms with Crippen molar-refractivity contribution in [2.75, 3.05) is 11.9 Å². The van der Waals surface area contributed by atoms with Crippen molar-refractivity contribution in [1.82, 2.24) is 5.32 Å². The second kappa shape index (κ2) is 7.49. The van der Waals surface area contributed by atoms with Crippen molar-refractivity contribution < 1.29 is 9.53 Å². The highest BCUT2D eigenvalue weighted by molar-refractivity contribution is 6.32. The molecule has 5 heteroatoms. The van der Waals surface area contributed by atoms with Gasteiger partial charge in [0.2, 0.25) is 5.91 Å². The third-order valence-corrected chi connectivity index (χ3v) is 4.12. The number of para-hydroxylation sites is 3. The normalized spacial score (nSPS) is 17.0. The molecule has 2 aromatic carbocycles. The maximum Gasteiger partial charge on any atom is 0.226 e. The van der Waals surface area contributed by atoms with Gasteiger partial charge in [-0.2, -0.15) is 0 Å². The molecule has 1 aliphatic heterocycles. The molecule has 0 bridgehead atoms. The van der Waals surface area contributed by atoms with E-state index in [9.17, 15) is 4.79 Å². The second-order valence-corrected chi connectivity index (χ2v) is 5.98. The Kier molecular flexibility index (Phi) is 5.16. The highest BCUT2D eigenvalue weighted by Crippen LogP contribution is 2.33. The van der Waals surface area contributed by atoms with Crippen LogP contribution >= 0.6 is 11.6 Å². The minimum atomic E-state index is -0.0143. The fourth-order valence-corrected chi connectivity index (χ4v) is 2.84. The zero-order valence-electron chi connectivity index (χ0n) is 12.7. The Morgan fingerprint density at radius 3 is 2.65 bits per heavy atom. The Balaban J connectivity index is 1.70. The number of anilines is 1. The number of carbonyl (C=O) groups excluding carboxylic acids is 1. The smallest absolute Gasteiger partial charge is 0.226 e. The number of nitrogens with one attached hydrogen (secondary N) is 2. The van der Waals surface area contributed by atoms with E-state index in [1.165, 1.54) is 0 Å². The van der Waals surface area contributed by atoms with Crippen molar-refractivity contribution in [2.45, 2.75) is 25.3 Å². The van der Waals surface area contributed by atoms with Gasteiger partial charge in [-0.25, -0.2) is 0 Å². The van der Waals surface area contributed by atoms with Crippen LogP contribution in [0.15, 0.2) is 48.5 Å². The van der Waals surface area contributed by atoms with Crippen LogP contribution in [0.5, 0.6) is 11.5 Å². The number of amides is 1. The van der Waals surface area contributed by atoms with E-state index >= 15 is 0 Å². The molecule has 0 aliphatic carbocycles. The summed E-state index contributed by atoms with van der Waals surface area (Å²) in [6.45, 7) is 0.990. The molecule has 0 spiro atoms. The first-order valence-corrected chi connectivity index (χ1v) is 8.15. The van der Waals surface area contributed by atoms with Gasteiger partial charge in [0.25, 0.3) is 0 Å². The summed E-state index contributed by atoms with van der Waals surface area (Å²) in [5.41, 5.74) is 0.649. The van der Waals surface area contributed by atoms with Crippen LogP contribution in [0.3, 0.4) is 0 Å². The van der Waals surface area contributed by atoms with E-state index in [-0.39, 0.29) is 11.9 Å². The molecule has 4 nitrogen and oxygen atoms in total. The summed E-state index contributed by atoms with van der Waals surface area (Å²) in [4.78, 5) is 12.2. The molecule has 0 radical (unpaired) electrons. The molecule has 1 saturated heterocycles. The van der Waals surface area contributed by atoms with Gasteiger partial charge in [-0.1, -0.05) is 35.9 Å². The molecule has 0 saturated carbocycles. The number of rotatable bonds is 5. The molecule has 3 rings (SSSR count). The summed E-state index contributed by atoms with van der Waals surface area (Å²) in [5, 5.41) is 6.79. The van der Waals surface area contributed by atoms with Crippen LogP contribution in [0.4, 0.5) is 5.69 Å². The Morgan fingerprint density at radius 2 is 1.91 bits per heavy atom. The van der Waals surface area contributed by atoms with Gasteiger partial charge in [0, 0.05) is 12.5 Å². The zero-order chi connectivity index (χ0) is 16.1. The number of ether oxygens (including phenoxy) is 1.